The minimum atomic E-state index is 0.412. The van der Waals surface area contributed by atoms with Crippen molar-refractivity contribution < 1.29 is 0 Å². The van der Waals surface area contributed by atoms with Crippen LogP contribution < -0.4 is 5.73 Å². The maximum absolute atomic E-state index is 6.42. The fraction of sp³-hybridized carbons (Fsp3) is 1.00. The zero-order chi connectivity index (χ0) is 11.6. The lowest BCUT2D eigenvalue weighted by atomic mass is 9.70. The molecular weight excluding hydrogens is 182 g/mol. The van der Waals surface area contributed by atoms with Gasteiger partial charge in [-0.1, -0.05) is 34.6 Å². The molecule has 0 aromatic heterocycles. The van der Waals surface area contributed by atoms with Gasteiger partial charge in [-0.25, -0.2) is 0 Å². The lowest BCUT2D eigenvalue weighted by Gasteiger charge is -2.38. The second-order valence-corrected chi connectivity index (χ2v) is 6.36. The van der Waals surface area contributed by atoms with E-state index in [4.69, 9.17) is 5.73 Å². The van der Waals surface area contributed by atoms with Gasteiger partial charge in [-0.3, -0.25) is 0 Å². The van der Waals surface area contributed by atoms with Crippen LogP contribution >= 0.6 is 0 Å². The minimum absolute atomic E-state index is 0.412. The van der Waals surface area contributed by atoms with E-state index in [0.29, 0.717) is 17.9 Å². The lowest BCUT2D eigenvalue weighted by Crippen LogP contribution is -2.41. The van der Waals surface area contributed by atoms with Gasteiger partial charge < -0.3 is 5.73 Å². The van der Waals surface area contributed by atoms with Crippen molar-refractivity contribution >= 4 is 0 Å². The summed E-state index contributed by atoms with van der Waals surface area (Å²) in [7, 11) is 0. The average Bonchev–Trinajstić information content (AvgIpc) is 2.13. The largest absolute Gasteiger partial charge is 0.327 e. The van der Waals surface area contributed by atoms with Crippen LogP contribution in [0.25, 0.3) is 0 Å². The van der Waals surface area contributed by atoms with Crippen molar-refractivity contribution in [1.29, 1.82) is 0 Å². The van der Waals surface area contributed by atoms with Crippen molar-refractivity contribution in [2.45, 2.75) is 59.9 Å². The van der Waals surface area contributed by atoms with Crippen molar-refractivity contribution in [3.05, 3.63) is 0 Å². The normalized spacial score (nSPS) is 36.6. The number of nitrogens with two attached hydrogens (primary N) is 1. The van der Waals surface area contributed by atoms with Crippen molar-refractivity contribution in [2.24, 2.45) is 35.3 Å². The molecule has 0 heterocycles. The van der Waals surface area contributed by atoms with Crippen molar-refractivity contribution in [2.75, 3.05) is 0 Å². The summed E-state index contributed by atoms with van der Waals surface area (Å²) in [5.74, 6) is 3.90. The monoisotopic (exact) mass is 211 g/mol. The highest BCUT2D eigenvalue weighted by atomic mass is 14.7. The maximum Gasteiger partial charge on any atom is 0.00956 e. The smallest absolute Gasteiger partial charge is 0.00956 e. The molecule has 0 bridgehead atoms. The first-order chi connectivity index (χ1) is 6.91. The van der Waals surface area contributed by atoms with Gasteiger partial charge >= 0.3 is 0 Å². The van der Waals surface area contributed by atoms with Crippen molar-refractivity contribution in [1.82, 2.24) is 0 Å². The molecule has 1 aliphatic carbocycles. The molecule has 0 aromatic rings. The third kappa shape index (κ3) is 3.48. The van der Waals surface area contributed by atoms with Crippen molar-refractivity contribution in [3.8, 4) is 0 Å². The predicted octanol–water partition coefficient (Wildman–Crippen LogP) is 3.68. The predicted molar refractivity (Wildman–Crippen MR) is 67.6 cm³/mol. The topological polar surface area (TPSA) is 26.0 Å². The second kappa shape index (κ2) is 5.34. The molecule has 0 radical (unpaired) electrons. The Bertz CT molecular complexity index is 178. The van der Waals surface area contributed by atoms with E-state index in [1.54, 1.807) is 0 Å². The molecule has 4 atom stereocenters. The zero-order valence-corrected chi connectivity index (χ0v) is 11.2. The van der Waals surface area contributed by atoms with Gasteiger partial charge in [0, 0.05) is 6.04 Å². The molecule has 1 heteroatoms. The van der Waals surface area contributed by atoms with Gasteiger partial charge in [0.15, 0.2) is 0 Å². The highest BCUT2D eigenvalue weighted by Gasteiger charge is 2.31. The Labute approximate surface area is 95.8 Å². The summed E-state index contributed by atoms with van der Waals surface area (Å²) in [5.41, 5.74) is 6.42. The third-order valence-corrected chi connectivity index (χ3v) is 4.42. The Morgan fingerprint density at radius 1 is 0.933 bits per heavy atom. The van der Waals surface area contributed by atoms with Gasteiger partial charge in [-0.15, -0.1) is 0 Å². The Morgan fingerprint density at radius 2 is 1.40 bits per heavy atom. The SMILES string of the molecule is CC1CC(C)CC(C(N)C(C)C(C)C)C1. The van der Waals surface area contributed by atoms with Gasteiger partial charge in [0.1, 0.15) is 0 Å². The highest BCUT2D eigenvalue weighted by molar-refractivity contribution is 4.85. The first kappa shape index (κ1) is 13.0. The molecule has 0 aromatic carbocycles. The molecule has 0 amide bonds. The molecule has 15 heavy (non-hydrogen) atoms. The van der Waals surface area contributed by atoms with E-state index in [9.17, 15) is 0 Å². The van der Waals surface area contributed by atoms with E-state index in [2.05, 4.69) is 34.6 Å². The lowest BCUT2D eigenvalue weighted by molar-refractivity contribution is 0.153. The van der Waals surface area contributed by atoms with E-state index in [-0.39, 0.29) is 0 Å². The van der Waals surface area contributed by atoms with Gasteiger partial charge in [-0.05, 0) is 48.9 Å². The van der Waals surface area contributed by atoms with Crippen LogP contribution in [0.5, 0.6) is 0 Å². The summed E-state index contributed by atoms with van der Waals surface area (Å²) >= 11 is 0. The van der Waals surface area contributed by atoms with Crippen LogP contribution in [0.1, 0.15) is 53.9 Å². The standard InChI is InChI=1S/C14H29N/c1-9(2)12(5)14(15)13-7-10(3)6-11(4)8-13/h9-14H,6-8,15H2,1-5H3. The molecule has 1 fully saturated rings. The maximum atomic E-state index is 6.42. The Hall–Kier alpha value is -0.0400. The molecule has 90 valence electrons. The molecule has 4 unspecified atom stereocenters. The summed E-state index contributed by atoms with van der Waals surface area (Å²) in [6.45, 7) is 11.7. The minimum Gasteiger partial charge on any atom is -0.327 e. The molecule has 2 N–H and O–H groups in total. The van der Waals surface area contributed by atoms with E-state index >= 15 is 0 Å². The van der Waals surface area contributed by atoms with Crippen LogP contribution in [0.15, 0.2) is 0 Å². The molecule has 0 aliphatic heterocycles. The highest BCUT2D eigenvalue weighted by Crippen LogP contribution is 2.36. The Kier molecular flexibility index (Phi) is 4.64. The van der Waals surface area contributed by atoms with Crippen molar-refractivity contribution in [3.63, 3.8) is 0 Å². The van der Waals surface area contributed by atoms with E-state index in [0.717, 1.165) is 17.8 Å². The van der Waals surface area contributed by atoms with Gasteiger partial charge in [-0.2, -0.15) is 0 Å². The van der Waals surface area contributed by atoms with Gasteiger partial charge in [0.2, 0.25) is 0 Å². The van der Waals surface area contributed by atoms with Gasteiger partial charge in [0.25, 0.3) is 0 Å². The van der Waals surface area contributed by atoms with E-state index in [1.165, 1.54) is 19.3 Å². The third-order valence-electron chi connectivity index (χ3n) is 4.42. The first-order valence-corrected chi connectivity index (χ1v) is 6.67. The molecule has 0 spiro atoms. The summed E-state index contributed by atoms with van der Waals surface area (Å²) in [5, 5.41) is 0. The Balaban J connectivity index is 2.54. The molecule has 1 rings (SSSR count). The van der Waals surface area contributed by atoms with E-state index < -0.39 is 0 Å². The summed E-state index contributed by atoms with van der Waals surface area (Å²) < 4.78 is 0. The molecule has 1 aliphatic rings. The van der Waals surface area contributed by atoms with Crippen LogP contribution in [0.4, 0.5) is 0 Å². The molecule has 1 nitrogen and oxygen atoms in total. The zero-order valence-electron chi connectivity index (χ0n) is 11.2. The summed E-state index contributed by atoms with van der Waals surface area (Å²) in [4.78, 5) is 0. The molecule has 1 saturated carbocycles. The Morgan fingerprint density at radius 3 is 1.80 bits per heavy atom. The second-order valence-electron chi connectivity index (χ2n) is 6.36. The van der Waals surface area contributed by atoms with E-state index in [1.807, 2.05) is 0 Å². The van der Waals surface area contributed by atoms with Crippen LogP contribution in [0.3, 0.4) is 0 Å². The van der Waals surface area contributed by atoms with Crippen LogP contribution in [-0.4, -0.2) is 6.04 Å². The van der Waals surface area contributed by atoms with Crippen LogP contribution in [-0.2, 0) is 0 Å². The number of rotatable bonds is 3. The van der Waals surface area contributed by atoms with Gasteiger partial charge in [0.05, 0.1) is 0 Å². The first-order valence-electron chi connectivity index (χ1n) is 6.67. The van der Waals surface area contributed by atoms with Crippen LogP contribution in [0, 0.1) is 29.6 Å². The van der Waals surface area contributed by atoms with Crippen LogP contribution in [0.2, 0.25) is 0 Å². The fourth-order valence-electron chi connectivity index (χ4n) is 3.20. The quantitative estimate of drug-likeness (QED) is 0.757. The number of hydrogen-bond donors (Lipinski definition) is 1. The molecule has 0 saturated heterocycles. The summed E-state index contributed by atoms with van der Waals surface area (Å²) in [6, 6.07) is 0.412. The fourth-order valence-corrected chi connectivity index (χ4v) is 3.20. The number of hydrogen-bond acceptors (Lipinski definition) is 1. The average molecular weight is 211 g/mol. The summed E-state index contributed by atoms with van der Waals surface area (Å²) in [6.07, 6.45) is 4.10. The molecular formula is C14H29N.